The predicted molar refractivity (Wildman–Crippen MR) is 86.1 cm³/mol. The van der Waals surface area contributed by atoms with Crippen molar-refractivity contribution in [1.82, 2.24) is 0 Å². The largest absolute Gasteiger partial charge is 0.493 e. The summed E-state index contributed by atoms with van der Waals surface area (Å²) in [6.45, 7) is 5.63. The zero-order valence-electron chi connectivity index (χ0n) is 11.5. The van der Waals surface area contributed by atoms with Crippen LogP contribution in [0.15, 0.2) is 16.6 Å². The maximum Gasteiger partial charge on any atom is 0.127 e. The lowest BCUT2D eigenvalue weighted by atomic mass is 9.78. The Morgan fingerprint density at radius 3 is 2.84 bits per heavy atom. The lowest BCUT2D eigenvalue weighted by Crippen LogP contribution is -2.21. The minimum Gasteiger partial charge on any atom is -0.493 e. The number of hydrogen-bond acceptors (Lipinski definition) is 1. The third-order valence-corrected chi connectivity index (χ3v) is 6.36. The van der Waals surface area contributed by atoms with E-state index in [9.17, 15) is 0 Å². The van der Waals surface area contributed by atoms with E-state index in [2.05, 4.69) is 57.8 Å². The van der Waals surface area contributed by atoms with Gasteiger partial charge in [0, 0.05) is 21.3 Å². The predicted octanol–water partition coefficient (Wildman–Crippen LogP) is 5.65. The molecule has 0 radical (unpaired) electrons. The number of ether oxygens (including phenoxy) is 1. The summed E-state index contributed by atoms with van der Waals surface area (Å²) in [5.74, 6) is 1.82. The van der Waals surface area contributed by atoms with E-state index in [1.54, 1.807) is 0 Å². The molecule has 1 aromatic rings. The minimum absolute atomic E-state index is 0.398. The van der Waals surface area contributed by atoms with Crippen molar-refractivity contribution >= 4 is 31.9 Å². The standard InChI is InChI=1S/C16H20Br2O/c1-16(2)6-3-4-13(16)14(18)12-9-11(17)8-10-5-7-19-15(10)12/h8-9,13-14H,3-7H2,1-2H3. The molecule has 1 heterocycles. The van der Waals surface area contributed by atoms with Gasteiger partial charge in [0.15, 0.2) is 0 Å². The number of fused-ring (bicyclic) bond motifs is 1. The molecule has 1 fully saturated rings. The first kappa shape index (κ1) is 13.9. The zero-order chi connectivity index (χ0) is 13.6. The van der Waals surface area contributed by atoms with Gasteiger partial charge >= 0.3 is 0 Å². The molecule has 2 aliphatic rings. The maximum absolute atomic E-state index is 5.88. The third kappa shape index (κ3) is 2.49. The van der Waals surface area contributed by atoms with Gasteiger partial charge in [0.1, 0.15) is 5.75 Å². The first-order valence-electron chi connectivity index (χ1n) is 7.08. The summed E-state index contributed by atoms with van der Waals surface area (Å²) in [5.41, 5.74) is 3.11. The van der Waals surface area contributed by atoms with Gasteiger partial charge in [-0.15, -0.1) is 0 Å². The Bertz CT molecular complexity index is 496. The highest BCUT2D eigenvalue weighted by Gasteiger charge is 2.40. The molecule has 19 heavy (non-hydrogen) atoms. The molecule has 0 saturated heterocycles. The van der Waals surface area contributed by atoms with Crippen LogP contribution in [0.1, 0.15) is 49.1 Å². The smallest absolute Gasteiger partial charge is 0.127 e. The number of benzene rings is 1. The molecule has 1 aliphatic carbocycles. The maximum atomic E-state index is 5.88. The number of alkyl halides is 1. The Morgan fingerprint density at radius 1 is 1.37 bits per heavy atom. The van der Waals surface area contributed by atoms with E-state index in [1.807, 2.05) is 0 Å². The first-order valence-corrected chi connectivity index (χ1v) is 8.79. The van der Waals surface area contributed by atoms with E-state index in [-0.39, 0.29) is 0 Å². The van der Waals surface area contributed by atoms with Gasteiger partial charge < -0.3 is 4.74 Å². The number of halogens is 2. The summed E-state index contributed by atoms with van der Waals surface area (Å²) in [6.07, 6.45) is 5.02. The molecule has 3 heteroatoms. The van der Waals surface area contributed by atoms with Gasteiger partial charge in [-0.2, -0.15) is 0 Å². The van der Waals surface area contributed by atoms with Crippen LogP contribution in [0.4, 0.5) is 0 Å². The highest BCUT2D eigenvalue weighted by Crippen LogP contribution is 2.54. The monoisotopic (exact) mass is 386 g/mol. The average Bonchev–Trinajstić information content (AvgIpc) is 2.92. The lowest BCUT2D eigenvalue weighted by Gasteiger charge is -2.32. The molecule has 2 atom stereocenters. The van der Waals surface area contributed by atoms with Gasteiger partial charge in [0.05, 0.1) is 6.61 Å². The fraction of sp³-hybridized carbons (Fsp3) is 0.625. The SMILES string of the molecule is CC1(C)CCCC1C(Br)c1cc(Br)cc2c1OCC2. The molecule has 0 bridgehead atoms. The van der Waals surface area contributed by atoms with Crippen molar-refractivity contribution in [2.24, 2.45) is 11.3 Å². The summed E-state index contributed by atoms with van der Waals surface area (Å²) in [6, 6.07) is 4.43. The number of rotatable bonds is 2. The van der Waals surface area contributed by atoms with Gasteiger partial charge in [-0.1, -0.05) is 52.1 Å². The fourth-order valence-corrected chi connectivity index (χ4v) is 5.46. The van der Waals surface area contributed by atoms with Gasteiger partial charge in [-0.05, 0) is 41.9 Å². The summed E-state index contributed by atoms with van der Waals surface area (Å²) in [5, 5.41) is 0. The Labute approximate surface area is 132 Å². The zero-order valence-corrected chi connectivity index (χ0v) is 14.7. The quantitative estimate of drug-likeness (QED) is 0.596. The van der Waals surface area contributed by atoms with Gasteiger partial charge in [-0.3, -0.25) is 0 Å². The van der Waals surface area contributed by atoms with Crippen LogP contribution in [0.3, 0.4) is 0 Å². The van der Waals surface area contributed by atoms with Crippen molar-refractivity contribution in [2.45, 2.75) is 44.4 Å². The Kier molecular flexibility index (Phi) is 3.72. The molecule has 0 N–H and O–H groups in total. The van der Waals surface area contributed by atoms with Crippen molar-refractivity contribution in [3.05, 3.63) is 27.7 Å². The van der Waals surface area contributed by atoms with Crippen LogP contribution in [0.25, 0.3) is 0 Å². The van der Waals surface area contributed by atoms with Gasteiger partial charge in [0.25, 0.3) is 0 Å². The summed E-state index contributed by atoms with van der Waals surface area (Å²) in [7, 11) is 0. The number of hydrogen-bond donors (Lipinski definition) is 0. The minimum atomic E-state index is 0.398. The van der Waals surface area contributed by atoms with Crippen LogP contribution >= 0.6 is 31.9 Å². The summed E-state index contributed by atoms with van der Waals surface area (Å²) >= 11 is 7.62. The van der Waals surface area contributed by atoms with Gasteiger partial charge in [-0.25, -0.2) is 0 Å². The molecule has 1 saturated carbocycles. The highest BCUT2D eigenvalue weighted by molar-refractivity contribution is 9.10. The molecule has 0 spiro atoms. The molecule has 0 amide bonds. The Balaban J connectivity index is 1.98. The van der Waals surface area contributed by atoms with Crippen LogP contribution < -0.4 is 4.74 Å². The van der Waals surface area contributed by atoms with E-state index in [4.69, 9.17) is 4.74 Å². The molecular weight excluding hydrogens is 368 g/mol. The van der Waals surface area contributed by atoms with Crippen molar-refractivity contribution in [2.75, 3.05) is 6.61 Å². The molecular formula is C16H20Br2O. The fourth-order valence-electron chi connectivity index (χ4n) is 3.62. The van der Waals surface area contributed by atoms with E-state index >= 15 is 0 Å². The van der Waals surface area contributed by atoms with Crippen LogP contribution in [-0.4, -0.2) is 6.61 Å². The van der Waals surface area contributed by atoms with E-state index in [1.165, 1.54) is 34.9 Å². The van der Waals surface area contributed by atoms with E-state index in [0.29, 0.717) is 16.2 Å². The normalized spacial score (nSPS) is 26.0. The molecule has 2 unspecified atom stereocenters. The van der Waals surface area contributed by atoms with Crippen molar-refractivity contribution in [3.63, 3.8) is 0 Å². The van der Waals surface area contributed by atoms with Crippen LogP contribution in [0, 0.1) is 11.3 Å². The molecule has 1 nitrogen and oxygen atoms in total. The van der Waals surface area contributed by atoms with E-state index in [0.717, 1.165) is 18.8 Å². The Morgan fingerprint density at radius 2 is 2.16 bits per heavy atom. The topological polar surface area (TPSA) is 9.23 Å². The molecule has 1 aromatic carbocycles. The second-order valence-electron chi connectivity index (χ2n) is 6.47. The first-order chi connectivity index (χ1) is 8.99. The van der Waals surface area contributed by atoms with Crippen LogP contribution in [-0.2, 0) is 6.42 Å². The molecule has 104 valence electrons. The molecule has 3 rings (SSSR count). The van der Waals surface area contributed by atoms with Crippen LogP contribution in [0.5, 0.6) is 5.75 Å². The highest BCUT2D eigenvalue weighted by atomic mass is 79.9. The molecule has 1 aliphatic heterocycles. The van der Waals surface area contributed by atoms with Crippen LogP contribution in [0.2, 0.25) is 0 Å². The third-order valence-electron chi connectivity index (χ3n) is 4.77. The second kappa shape index (κ2) is 5.07. The average molecular weight is 388 g/mol. The second-order valence-corrected chi connectivity index (χ2v) is 8.37. The van der Waals surface area contributed by atoms with Crippen molar-refractivity contribution < 1.29 is 4.74 Å². The lowest BCUT2D eigenvalue weighted by molar-refractivity contribution is 0.254. The van der Waals surface area contributed by atoms with Gasteiger partial charge in [0.2, 0.25) is 0 Å². The van der Waals surface area contributed by atoms with Crippen molar-refractivity contribution in [1.29, 1.82) is 0 Å². The summed E-state index contributed by atoms with van der Waals surface area (Å²) in [4.78, 5) is 0.398. The van der Waals surface area contributed by atoms with Crippen molar-refractivity contribution in [3.8, 4) is 5.75 Å². The summed E-state index contributed by atoms with van der Waals surface area (Å²) < 4.78 is 7.06. The van der Waals surface area contributed by atoms with E-state index < -0.39 is 0 Å². The molecule has 0 aromatic heterocycles. The Hall–Kier alpha value is -0.0200.